The zero-order chi connectivity index (χ0) is 25.4. The van der Waals surface area contributed by atoms with Crippen molar-refractivity contribution in [3.63, 3.8) is 0 Å². The molecule has 0 spiro atoms. The Balaban J connectivity index is 1.39. The Labute approximate surface area is 209 Å². The number of aromatic nitrogens is 5. The lowest BCUT2D eigenvalue weighted by molar-refractivity contribution is 0.101. The number of carbonyl (C=O) groups is 1. The first-order valence-electron chi connectivity index (χ1n) is 10.4. The molecule has 5 aromatic rings. The normalized spacial score (nSPS) is 11.5. The standard InChI is InChI=1S/C23H17ClFN7O3S/c1-31-22(23(33)28-14-3-5-20(25)19(24)10-14)18-4-2-15(11-21(18)29-31)30-36(34,35)17-12-27-32(13-17)16-6-8-26-9-7-16/h2-13,30H,1H3,(H,28,33). The lowest BCUT2D eigenvalue weighted by Gasteiger charge is -2.07. The molecule has 0 fully saturated rings. The topological polar surface area (TPSA) is 124 Å². The lowest BCUT2D eigenvalue weighted by Crippen LogP contribution is -2.16. The van der Waals surface area contributed by atoms with Crippen LogP contribution in [-0.4, -0.2) is 38.9 Å². The highest BCUT2D eigenvalue weighted by Gasteiger charge is 2.20. The highest BCUT2D eigenvalue weighted by atomic mass is 35.5. The van der Waals surface area contributed by atoms with Crippen LogP contribution in [0.15, 0.2) is 78.2 Å². The third-order valence-corrected chi connectivity index (χ3v) is 6.90. The molecule has 5 rings (SSSR count). The van der Waals surface area contributed by atoms with Crippen molar-refractivity contribution in [2.75, 3.05) is 10.0 Å². The predicted molar refractivity (Wildman–Crippen MR) is 132 cm³/mol. The maximum atomic E-state index is 13.4. The van der Waals surface area contributed by atoms with Gasteiger partial charge in [-0.3, -0.25) is 19.2 Å². The maximum Gasteiger partial charge on any atom is 0.274 e. The summed E-state index contributed by atoms with van der Waals surface area (Å²) in [5, 5.41) is 11.5. The van der Waals surface area contributed by atoms with Gasteiger partial charge in [0.15, 0.2) is 0 Å². The first-order chi connectivity index (χ1) is 17.2. The number of pyridine rings is 1. The van der Waals surface area contributed by atoms with Crippen molar-refractivity contribution in [3.8, 4) is 5.69 Å². The number of hydrogen-bond donors (Lipinski definition) is 2. The van der Waals surface area contributed by atoms with Crippen LogP contribution in [0.3, 0.4) is 0 Å². The van der Waals surface area contributed by atoms with Gasteiger partial charge >= 0.3 is 0 Å². The molecule has 182 valence electrons. The summed E-state index contributed by atoms with van der Waals surface area (Å²) in [7, 11) is -2.36. The molecule has 36 heavy (non-hydrogen) atoms. The predicted octanol–water partition coefficient (Wildman–Crippen LogP) is 4.00. The summed E-state index contributed by atoms with van der Waals surface area (Å²) in [6.45, 7) is 0. The molecular weight excluding hydrogens is 509 g/mol. The molecule has 0 bridgehead atoms. The molecule has 0 aliphatic rings. The van der Waals surface area contributed by atoms with E-state index in [9.17, 15) is 17.6 Å². The van der Waals surface area contributed by atoms with Gasteiger partial charge in [0, 0.05) is 30.5 Å². The van der Waals surface area contributed by atoms with Gasteiger partial charge in [-0.05, 0) is 48.5 Å². The van der Waals surface area contributed by atoms with Crippen molar-refractivity contribution in [3.05, 3.63) is 89.9 Å². The summed E-state index contributed by atoms with van der Waals surface area (Å²) >= 11 is 5.79. The Bertz CT molecular complexity index is 1720. The van der Waals surface area contributed by atoms with E-state index < -0.39 is 21.7 Å². The van der Waals surface area contributed by atoms with E-state index in [0.717, 1.165) is 6.07 Å². The van der Waals surface area contributed by atoms with Crippen LogP contribution in [0, 0.1) is 5.82 Å². The lowest BCUT2D eigenvalue weighted by atomic mass is 10.2. The van der Waals surface area contributed by atoms with Crippen molar-refractivity contribution in [1.82, 2.24) is 24.5 Å². The molecule has 1 amide bonds. The second kappa shape index (κ2) is 9.06. The first-order valence-corrected chi connectivity index (χ1v) is 12.3. The second-order valence-electron chi connectivity index (χ2n) is 7.72. The van der Waals surface area contributed by atoms with E-state index in [0.29, 0.717) is 22.3 Å². The van der Waals surface area contributed by atoms with E-state index >= 15 is 0 Å². The van der Waals surface area contributed by atoms with E-state index in [2.05, 4.69) is 25.2 Å². The van der Waals surface area contributed by atoms with Gasteiger partial charge < -0.3 is 5.32 Å². The van der Waals surface area contributed by atoms with Crippen molar-refractivity contribution in [2.45, 2.75) is 4.90 Å². The van der Waals surface area contributed by atoms with Crippen molar-refractivity contribution in [1.29, 1.82) is 0 Å². The zero-order valence-electron chi connectivity index (χ0n) is 18.6. The minimum Gasteiger partial charge on any atom is -0.321 e. The summed E-state index contributed by atoms with van der Waals surface area (Å²) in [6.07, 6.45) is 5.79. The number of benzene rings is 2. The van der Waals surface area contributed by atoms with Gasteiger partial charge in [-0.2, -0.15) is 10.2 Å². The molecule has 3 heterocycles. The molecule has 2 N–H and O–H groups in total. The third-order valence-electron chi connectivity index (χ3n) is 5.28. The molecule has 0 saturated heterocycles. The number of hydrogen-bond acceptors (Lipinski definition) is 6. The summed E-state index contributed by atoms with van der Waals surface area (Å²) in [5.74, 6) is -1.08. The van der Waals surface area contributed by atoms with Gasteiger partial charge in [-0.1, -0.05) is 11.6 Å². The molecule has 0 aliphatic heterocycles. The monoisotopic (exact) mass is 525 g/mol. The smallest absolute Gasteiger partial charge is 0.274 e. The summed E-state index contributed by atoms with van der Waals surface area (Å²) < 4.78 is 44.5. The number of nitrogens with zero attached hydrogens (tertiary/aromatic N) is 5. The molecule has 0 saturated carbocycles. The quantitative estimate of drug-likeness (QED) is 0.345. The number of aryl methyl sites for hydroxylation is 1. The van der Waals surface area contributed by atoms with Crippen LogP contribution in [0.1, 0.15) is 10.5 Å². The molecule has 2 aromatic carbocycles. The van der Waals surface area contributed by atoms with E-state index in [1.165, 1.54) is 46.0 Å². The van der Waals surface area contributed by atoms with E-state index in [4.69, 9.17) is 11.6 Å². The molecule has 3 aromatic heterocycles. The largest absolute Gasteiger partial charge is 0.321 e. The number of nitrogens with one attached hydrogen (secondary N) is 2. The highest BCUT2D eigenvalue weighted by Crippen LogP contribution is 2.26. The second-order valence-corrected chi connectivity index (χ2v) is 9.81. The summed E-state index contributed by atoms with van der Waals surface area (Å²) in [5.41, 5.74) is 1.87. The molecule has 0 unspecified atom stereocenters. The number of fused-ring (bicyclic) bond motifs is 1. The fraction of sp³-hybridized carbons (Fsp3) is 0.0435. The number of rotatable bonds is 6. The maximum absolute atomic E-state index is 13.4. The van der Waals surface area contributed by atoms with Gasteiger partial charge in [-0.25, -0.2) is 17.5 Å². The fourth-order valence-corrected chi connectivity index (χ4v) is 4.75. The van der Waals surface area contributed by atoms with Crippen LogP contribution in [0.2, 0.25) is 5.02 Å². The molecular formula is C23H17ClFN7O3S. The average Bonchev–Trinajstić information content (AvgIpc) is 3.46. The van der Waals surface area contributed by atoms with E-state index in [1.807, 2.05) is 0 Å². The minimum absolute atomic E-state index is 0.0292. The molecule has 0 radical (unpaired) electrons. The van der Waals surface area contributed by atoms with Crippen LogP contribution in [-0.2, 0) is 17.1 Å². The highest BCUT2D eigenvalue weighted by molar-refractivity contribution is 7.92. The van der Waals surface area contributed by atoms with E-state index in [1.54, 1.807) is 37.6 Å². The molecule has 0 atom stereocenters. The fourth-order valence-electron chi connectivity index (χ4n) is 3.59. The number of carbonyl (C=O) groups excluding carboxylic acids is 1. The summed E-state index contributed by atoms with van der Waals surface area (Å²) in [6, 6.07) is 11.9. The average molecular weight is 526 g/mol. The number of anilines is 2. The van der Waals surface area contributed by atoms with Crippen LogP contribution in [0.5, 0.6) is 0 Å². The number of halogens is 2. The van der Waals surface area contributed by atoms with Gasteiger partial charge in [0.1, 0.15) is 16.4 Å². The molecule has 0 aliphatic carbocycles. The Kier molecular flexibility index (Phi) is 5.90. The summed E-state index contributed by atoms with van der Waals surface area (Å²) in [4.78, 5) is 16.8. The van der Waals surface area contributed by atoms with Crippen molar-refractivity contribution in [2.24, 2.45) is 7.05 Å². The minimum atomic E-state index is -3.94. The van der Waals surface area contributed by atoms with Gasteiger partial charge in [0.25, 0.3) is 15.9 Å². The van der Waals surface area contributed by atoms with E-state index in [-0.39, 0.29) is 21.3 Å². The SMILES string of the molecule is Cn1nc2cc(NS(=O)(=O)c3cnn(-c4ccncc4)c3)ccc2c1C(=O)Nc1ccc(F)c(Cl)c1. The Morgan fingerprint density at radius 3 is 2.56 bits per heavy atom. The first kappa shape index (κ1) is 23.5. The van der Waals surface area contributed by atoms with Crippen LogP contribution in [0.25, 0.3) is 16.6 Å². The van der Waals surface area contributed by atoms with Gasteiger partial charge in [0.05, 0.1) is 34.3 Å². The Morgan fingerprint density at radius 2 is 1.81 bits per heavy atom. The Morgan fingerprint density at radius 1 is 1.06 bits per heavy atom. The molecule has 10 nitrogen and oxygen atoms in total. The van der Waals surface area contributed by atoms with Crippen LogP contribution in [0.4, 0.5) is 15.8 Å². The van der Waals surface area contributed by atoms with Gasteiger partial charge in [0.2, 0.25) is 0 Å². The number of sulfonamides is 1. The zero-order valence-corrected chi connectivity index (χ0v) is 20.1. The van der Waals surface area contributed by atoms with Crippen LogP contribution < -0.4 is 10.0 Å². The third kappa shape index (κ3) is 4.51. The number of amides is 1. The Hall–Kier alpha value is -4.29. The van der Waals surface area contributed by atoms with Gasteiger partial charge in [-0.15, -0.1) is 0 Å². The molecule has 13 heteroatoms. The van der Waals surface area contributed by atoms with Crippen LogP contribution >= 0.6 is 11.6 Å². The van der Waals surface area contributed by atoms with Crippen molar-refractivity contribution < 1.29 is 17.6 Å². The van der Waals surface area contributed by atoms with Crippen molar-refractivity contribution >= 4 is 49.8 Å².